The average Bonchev–Trinajstić information content (AvgIpc) is 3.00. The Kier molecular flexibility index (Phi) is 4.26. The molecule has 3 rings (SSSR count). The maximum Gasteiger partial charge on any atom is 0.0644 e. The lowest BCUT2D eigenvalue weighted by Gasteiger charge is -2.18. The normalized spacial score (nSPS) is 15.0. The smallest absolute Gasteiger partial charge is 0.0644 e. The fourth-order valence-electron chi connectivity index (χ4n) is 2.68. The van der Waals surface area contributed by atoms with Crippen molar-refractivity contribution in [3.63, 3.8) is 0 Å². The first-order chi connectivity index (χ1) is 10.2. The molecule has 2 aromatic rings. The zero-order chi connectivity index (χ0) is 14.7. The van der Waals surface area contributed by atoms with E-state index in [-0.39, 0.29) is 0 Å². The van der Waals surface area contributed by atoms with Crippen molar-refractivity contribution in [3.05, 3.63) is 58.6 Å². The second-order valence-corrected chi connectivity index (χ2v) is 5.91. The van der Waals surface area contributed by atoms with Gasteiger partial charge in [-0.25, -0.2) is 0 Å². The van der Waals surface area contributed by atoms with Crippen LogP contribution in [0.25, 0.3) is 0 Å². The van der Waals surface area contributed by atoms with E-state index in [0.717, 1.165) is 11.3 Å². The summed E-state index contributed by atoms with van der Waals surface area (Å²) in [6, 6.07) is 14.2. The van der Waals surface area contributed by atoms with E-state index in [0.29, 0.717) is 5.02 Å². The van der Waals surface area contributed by atoms with Gasteiger partial charge in [-0.3, -0.25) is 4.99 Å². The van der Waals surface area contributed by atoms with Crippen molar-refractivity contribution >= 4 is 29.2 Å². The van der Waals surface area contributed by atoms with Crippen LogP contribution in [0.1, 0.15) is 24.0 Å². The molecule has 1 fully saturated rings. The van der Waals surface area contributed by atoms with E-state index in [1.807, 2.05) is 30.5 Å². The molecule has 1 aliphatic heterocycles. The first-order valence-electron chi connectivity index (χ1n) is 7.37. The number of nitrogens with zero attached hydrogens (tertiary/aromatic N) is 2. The van der Waals surface area contributed by atoms with Crippen molar-refractivity contribution in [3.8, 4) is 0 Å². The predicted molar refractivity (Wildman–Crippen MR) is 91.3 cm³/mol. The van der Waals surface area contributed by atoms with Crippen molar-refractivity contribution < 1.29 is 0 Å². The van der Waals surface area contributed by atoms with Crippen LogP contribution in [0.3, 0.4) is 0 Å². The second-order valence-electron chi connectivity index (χ2n) is 5.47. The minimum Gasteiger partial charge on any atom is -0.372 e. The number of halogens is 1. The lowest BCUT2D eigenvalue weighted by molar-refractivity contribution is 0.949. The lowest BCUT2D eigenvalue weighted by Crippen LogP contribution is -2.17. The quantitative estimate of drug-likeness (QED) is 0.728. The third-order valence-electron chi connectivity index (χ3n) is 3.89. The summed E-state index contributed by atoms with van der Waals surface area (Å²) in [6.45, 7) is 4.49. The van der Waals surface area contributed by atoms with E-state index in [9.17, 15) is 0 Å². The number of hydrogen-bond donors (Lipinski definition) is 0. The molecule has 0 saturated carbocycles. The number of anilines is 1. The van der Waals surface area contributed by atoms with Crippen LogP contribution in [0.5, 0.6) is 0 Å². The molecule has 1 aliphatic rings. The molecule has 21 heavy (non-hydrogen) atoms. The summed E-state index contributed by atoms with van der Waals surface area (Å²) in [5, 5.41) is 0.714. The van der Waals surface area contributed by atoms with Gasteiger partial charge in [0.15, 0.2) is 0 Å². The van der Waals surface area contributed by atoms with Gasteiger partial charge >= 0.3 is 0 Å². The Hall–Kier alpha value is -1.80. The van der Waals surface area contributed by atoms with Gasteiger partial charge in [-0.05, 0) is 61.2 Å². The Labute approximate surface area is 131 Å². The average molecular weight is 299 g/mol. The molecule has 2 aromatic carbocycles. The monoisotopic (exact) mass is 298 g/mol. The summed E-state index contributed by atoms with van der Waals surface area (Å²) < 4.78 is 0. The largest absolute Gasteiger partial charge is 0.372 e. The lowest BCUT2D eigenvalue weighted by atomic mass is 10.1. The molecule has 0 N–H and O–H groups in total. The molecule has 108 valence electrons. The van der Waals surface area contributed by atoms with E-state index >= 15 is 0 Å². The van der Waals surface area contributed by atoms with Crippen molar-refractivity contribution in [2.24, 2.45) is 4.99 Å². The summed E-state index contributed by atoms with van der Waals surface area (Å²) in [6.07, 6.45) is 4.52. The molecule has 0 amide bonds. The van der Waals surface area contributed by atoms with Gasteiger partial charge in [-0.2, -0.15) is 0 Å². The van der Waals surface area contributed by atoms with Crippen LogP contribution in [0, 0.1) is 6.92 Å². The molecule has 1 heterocycles. The van der Waals surface area contributed by atoms with Crippen LogP contribution >= 0.6 is 11.6 Å². The van der Waals surface area contributed by atoms with Crippen LogP contribution < -0.4 is 4.90 Å². The van der Waals surface area contributed by atoms with Gasteiger partial charge in [0, 0.05) is 30.0 Å². The fourth-order valence-corrected chi connectivity index (χ4v) is 2.86. The molecule has 0 aromatic heterocycles. The van der Waals surface area contributed by atoms with Gasteiger partial charge in [0.05, 0.1) is 5.69 Å². The maximum absolute atomic E-state index is 5.97. The van der Waals surface area contributed by atoms with Crippen molar-refractivity contribution in [1.82, 2.24) is 0 Å². The topological polar surface area (TPSA) is 15.6 Å². The van der Waals surface area contributed by atoms with Gasteiger partial charge in [-0.15, -0.1) is 0 Å². The van der Waals surface area contributed by atoms with E-state index in [2.05, 4.69) is 35.0 Å². The summed E-state index contributed by atoms with van der Waals surface area (Å²) in [5.41, 5.74) is 4.61. The summed E-state index contributed by atoms with van der Waals surface area (Å²) >= 11 is 5.97. The molecule has 1 saturated heterocycles. The number of aryl methyl sites for hydroxylation is 1. The minimum absolute atomic E-state index is 0.714. The van der Waals surface area contributed by atoms with E-state index < -0.39 is 0 Å². The Bertz CT molecular complexity index is 658. The van der Waals surface area contributed by atoms with Crippen LogP contribution in [0.2, 0.25) is 5.02 Å². The van der Waals surface area contributed by atoms with Crippen LogP contribution in [-0.2, 0) is 0 Å². The molecular formula is C18H19ClN2. The van der Waals surface area contributed by atoms with Crippen molar-refractivity contribution in [1.29, 1.82) is 0 Å². The molecule has 0 spiro atoms. The zero-order valence-corrected chi connectivity index (χ0v) is 13.0. The highest BCUT2D eigenvalue weighted by molar-refractivity contribution is 6.30. The van der Waals surface area contributed by atoms with Gasteiger partial charge in [0.25, 0.3) is 0 Å². The molecule has 0 bridgehead atoms. The highest BCUT2D eigenvalue weighted by Gasteiger charge is 2.12. The minimum atomic E-state index is 0.714. The molecule has 2 nitrogen and oxygen atoms in total. The third-order valence-corrected chi connectivity index (χ3v) is 4.12. The maximum atomic E-state index is 5.97. The number of rotatable bonds is 3. The molecule has 0 radical (unpaired) electrons. The van der Waals surface area contributed by atoms with Gasteiger partial charge in [-0.1, -0.05) is 23.7 Å². The summed E-state index contributed by atoms with van der Waals surface area (Å²) in [7, 11) is 0. The SMILES string of the molecule is Cc1cc(N2CCCC2)ccc1C=Nc1cccc(Cl)c1. The molecule has 0 atom stereocenters. The van der Waals surface area contributed by atoms with Crippen LogP contribution in [-0.4, -0.2) is 19.3 Å². The highest BCUT2D eigenvalue weighted by Crippen LogP contribution is 2.23. The highest BCUT2D eigenvalue weighted by atomic mass is 35.5. The standard InChI is InChI=1S/C18H19ClN2/c1-14-11-18(21-9-2-3-10-21)8-7-15(14)13-20-17-6-4-5-16(19)12-17/h4-8,11-13H,2-3,9-10H2,1H3. The fraction of sp³-hybridized carbons (Fsp3) is 0.278. The number of hydrogen-bond acceptors (Lipinski definition) is 2. The Morgan fingerprint density at radius 3 is 2.62 bits per heavy atom. The Morgan fingerprint density at radius 1 is 1.10 bits per heavy atom. The van der Waals surface area contributed by atoms with E-state index in [4.69, 9.17) is 11.6 Å². The molecule has 3 heteroatoms. The van der Waals surface area contributed by atoms with Crippen LogP contribution in [0.15, 0.2) is 47.5 Å². The third kappa shape index (κ3) is 3.45. The molecule has 0 unspecified atom stereocenters. The van der Waals surface area contributed by atoms with E-state index in [1.54, 1.807) is 0 Å². The predicted octanol–water partition coefficient (Wildman–Crippen LogP) is 5.00. The van der Waals surface area contributed by atoms with Crippen molar-refractivity contribution in [2.75, 3.05) is 18.0 Å². The van der Waals surface area contributed by atoms with Crippen LogP contribution in [0.4, 0.5) is 11.4 Å². The van der Waals surface area contributed by atoms with E-state index in [1.165, 1.54) is 37.2 Å². The molecule has 0 aliphatic carbocycles. The number of aliphatic imine (C=N–C) groups is 1. The first-order valence-corrected chi connectivity index (χ1v) is 7.75. The Morgan fingerprint density at radius 2 is 1.90 bits per heavy atom. The van der Waals surface area contributed by atoms with Gasteiger partial charge in [0.2, 0.25) is 0 Å². The second kappa shape index (κ2) is 6.31. The summed E-state index contributed by atoms with van der Waals surface area (Å²) in [4.78, 5) is 6.95. The molecular weight excluding hydrogens is 280 g/mol. The van der Waals surface area contributed by atoms with Gasteiger partial charge in [0.1, 0.15) is 0 Å². The van der Waals surface area contributed by atoms with Crippen molar-refractivity contribution in [2.45, 2.75) is 19.8 Å². The Balaban J connectivity index is 1.79. The number of benzene rings is 2. The van der Waals surface area contributed by atoms with Gasteiger partial charge < -0.3 is 4.90 Å². The summed E-state index contributed by atoms with van der Waals surface area (Å²) in [5.74, 6) is 0. The zero-order valence-electron chi connectivity index (χ0n) is 12.2. The first kappa shape index (κ1) is 14.2.